The van der Waals surface area contributed by atoms with E-state index in [4.69, 9.17) is 19.6 Å². The number of aromatic nitrogens is 2. The van der Waals surface area contributed by atoms with Crippen LogP contribution in [0.4, 0.5) is 23.8 Å². The lowest BCUT2D eigenvalue weighted by atomic mass is 10.1. The number of benzene rings is 1. The summed E-state index contributed by atoms with van der Waals surface area (Å²) in [5.74, 6) is -5.31. The van der Waals surface area contributed by atoms with E-state index in [1.165, 1.54) is 4.90 Å². The Balaban J connectivity index is 1.68. The van der Waals surface area contributed by atoms with Crippen LogP contribution in [-0.2, 0) is 13.9 Å². The Morgan fingerprint density at radius 1 is 1.07 bits per heavy atom. The summed E-state index contributed by atoms with van der Waals surface area (Å²) in [6.45, 7) is -0.230. The average molecular weight is 622 g/mol. The first-order chi connectivity index (χ1) is 19.0. The molecule has 0 saturated carbocycles. The largest absolute Gasteiger partial charge is 0.477 e. The van der Waals surface area contributed by atoms with Crippen LogP contribution in [0.25, 0.3) is 16.7 Å². The van der Waals surface area contributed by atoms with Crippen LogP contribution in [0.2, 0.25) is 0 Å². The summed E-state index contributed by atoms with van der Waals surface area (Å²) < 4.78 is 71.1. The van der Waals surface area contributed by atoms with Gasteiger partial charge in [0.15, 0.2) is 17.3 Å². The first-order valence-corrected chi connectivity index (χ1v) is 14.6. The molecule has 15 nitrogen and oxygen atoms in total. The van der Waals surface area contributed by atoms with E-state index in [0.29, 0.717) is 12.1 Å². The molecule has 0 aliphatic carbocycles. The van der Waals surface area contributed by atoms with Crippen LogP contribution < -0.4 is 15.6 Å². The quantitative estimate of drug-likeness (QED) is 0.205. The predicted molar refractivity (Wildman–Crippen MR) is 132 cm³/mol. The van der Waals surface area contributed by atoms with Gasteiger partial charge in [0.25, 0.3) is 0 Å². The molecule has 1 aromatic carbocycles. The number of carbonyl (C=O) groups is 2. The van der Waals surface area contributed by atoms with E-state index < -0.39 is 84.2 Å². The summed E-state index contributed by atoms with van der Waals surface area (Å²) in [4.78, 5) is 78.2. The molecule has 4 rings (SSSR count). The van der Waals surface area contributed by atoms with Crippen molar-refractivity contribution in [3.8, 4) is 5.69 Å². The molecule has 220 valence electrons. The first-order valence-electron chi connectivity index (χ1n) is 11.2. The SMILES string of the molecule is O=C(NC1CCN(c2nc3c(cc2F)c(=O)c(C(=O)O)cn3-c2ccc(F)cc2F)C1)OC(P(=O)(O)O)P(=O)(O)O. The van der Waals surface area contributed by atoms with E-state index in [-0.39, 0.29) is 25.2 Å². The number of carbonyl (C=O) groups excluding carboxylic acids is 1. The first kappa shape index (κ1) is 30.2. The number of aromatic carboxylic acids is 1. The maximum Gasteiger partial charge on any atom is 0.408 e. The fraction of sp³-hybridized carbons (Fsp3) is 0.238. The maximum absolute atomic E-state index is 15.2. The number of carboxylic acids is 1. The van der Waals surface area contributed by atoms with Crippen molar-refractivity contribution in [1.82, 2.24) is 14.9 Å². The molecule has 1 unspecified atom stereocenters. The van der Waals surface area contributed by atoms with Gasteiger partial charge in [0.2, 0.25) is 5.43 Å². The summed E-state index contributed by atoms with van der Waals surface area (Å²) >= 11 is 0. The van der Waals surface area contributed by atoms with Crippen molar-refractivity contribution in [3.63, 3.8) is 0 Å². The van der Waals surface area contributed by atoms with E-state index in [9.17, 15) is 37.4 Å². The summed E-state index contributed by atoms with van der Waals surface area (Å²) in [6.07, 6.45) is -0.773. The number of nitrogens with zero attached hydrogens (tertiary/aromatic N) is 3. The molecule has 1 saturated heterocycles. The molecule has 1 atom stereocenters. The standard InChI is InChI=1S/C21H19F3N4O11P2/c22-9-1-2-15(13(23)5-9)28-8-12(19(30)31)16(29)11-6-14(24)18(26-17(11)28)27-4-3-10(7-27)25-20(32)39-21(40(33,34)35)41(36,37)38/h1-2,5-6,8,10,21H,3-4,7H2,(H,25,32)(H,30,31)(H2,33,34,35)(H2,36,37,38). The Hall–Kier alpha value is -3.79. The molecule has 1 aliphatic heterocycles. The van der Waals surface area contributed by atoms with Crippen LogP contribution in [0.3, 0.4) is 0 Å². The summed E-state index contributed by atoms with van der Waals surface area (Å²) in [6, 6.07) is 2.11. The number of carboxylic acid groups (broad SMARTS) is 1. The number of hydrogen-bond donors (Lipinski definition) is 6. The molecule has 3 heterocycles. The smallest absolute Gasteiger partial charge is 0.408 e. The zero-order valence-electron chi connectivity index (χ0n) is 20.2. The fourth-order valence-electron chi connectivity index (χ4n) is 4.15. The molecule has 41 heavy (non-hydrogen) atoms. The number of rotatable bonds is 7. The van der Waals surface area contributed by atoms with Crippen molar-refractivity contribution in [2.24, 2.45) is 0 Å². The van der Waals surface area contributed by atoms with Crippen LogP contribution >= 0.6 is 15.2 Å². The number of pyridine rings is 2. The highest BCUT2D eigenvalue weighted by atomic mass is 31.2. The Labute approximate surface area is 226 Å². The minimum Gasteiger partial charge on any atom is -0.477 e. The molecule has 1 amide bonds. The molecular formula is C21H19F3N4O11P2. The highest BCUT2D eigenvalue weighted by Crippen LogP contribution is 2.60. The summed E-state index contributed by atoms with van der Waals surface area (Å²) in [5, 5.41) is 11.0. The monoisotopic (exact) mass is 622 g/mol. The van der Waals surface area contributed by atoms with Crippen molar-refractivity contribution >= 4 is 44.1 Å². The van der Waals surface area contributed by atoms with E-state index >= 15 is 4.39 Å². The lowest BCUT2D eigenvalue weighted by molar-refractivity contribution is 0.0695. The molecule has 0 bridgehead atoms. The van der Waals surface area contributed by atoms with Crippen molar-refractivity contribution in [2.75, 3.05) is 18.0 Å². The van der Waals surface area contributed by atoms with Crippen LogP contribution in [0.1, 0.15) is 16.8 Å². The number of amides is 1. The lowest BCUT2D eigenvalue weighted by Gasteiger charge is -2.22. The summed E-state index contributed by atoms with van der Waals surface area (Å²) in [5.41, 5.74) is -5.81. The van der Waals surface area contributed by atoms with Gasteiger partial charge in [-0.05, 0) is 24.6 Å². The second-order valence-corrected chi connectivity index (χ2v) is 12.5. The number of alkyl carbamates (subject to hydrolysis) is 1. The van der Waals surface area contributed by atoms with Gasteiger partial charge in [-0.3, -0.25) is 18.5 Å². The van der Waals surface area contributed by atoms with Crippen LogP contribution in [0.15, 0.2) is 35.3 Å². The normalized spacial score (nSPS) is 15.9. The van der Waals surface area contributed by atoms with Crippen LogP contribution in [0.5, 0.6) is 0 Å². The van der Waals surface area contributed by atoms with Crippen LogP contribution in [0, 0.1) is 17.5 Å². The van der Waals surface area contributed by atoms with Gasteiger partial charge in [0.1, 0.15) is 17.2 Å². The van der Waals surface area contributed by atoms with Crippen molar-refractivity contribution in [2.45, 2.75) is 18.0 Å². The van der Waals surface area contributed by atoms with Crippen molar-refractivity contribution < 1.29 is 61.3 Å². The van der Waals surface area contributed by atoms with Gasteiger partial charge in [-0.2, -0.15) is 0 Å². The Kier molecular flexibility index (Phi) is 8.01. The van der Waals surface area contributed by atoms with E-state index in [2.05, 4.69) is 15.0 Å². The maximum atomic E-state index is 15.2. The molecule has 1 aliphatic rings. The number of fused-ring (bicyclic) bond motifs is 1. The topological polar surface area (TPSA) is 229 Å². The van der Waals surface area contributed by atoms with Crippen LogP contribution in [-0.4, -0.2) is 71.0 Å². The van der Waals surface area contributed by atoms with Gasteiger partial charge in [-0.15, -0.1) is 0 Å². The van der Waals surface area contributed by atoms with Gasteiger partial charge in [-0.1, -0.05) is 0 Å². The van der Waals surface area contributed by atoms with E-state index in [1.54, 1.807) is 0 Å². The van der Waals surface area contributed by atoms with Gasteiger partial charge >= 0.3 is 32.8 Å². The third kappa shape index (κ3) is 6.27. The Bertz CT molecular complexity index is 1700. The molecule has 20 heteroatoms. The Morgan fingerprint density at radius 2 is 1.73 bits per heavy atom. The molecule has 0 radical (unpaired) electrons. The second kappa shape index (κ2) is 10.9. The minimum atomic E-state index is -5.56. The third-order valence-electron chi connectivity index (χ3n) is 5.91. The number of nitrogens with one attached hydrogen (secondary N) is 1. The zero-order chi connectivity index (χ0) is 30.4. The second-order valence-electron chi connectivity index (χ2n) is 8.79. The van der Waals surface area contributed by atoms with E-state index in [1.807, 2.05) is 0 Å². The molecular weight excluding hydrogens is 603 g/mol. The van der Waals surface area contributed by atoms with Gasteiger partial charge < -0.3 is 39.6 Å². The van der Waals surface area contributed by atoms with Crippen molar-refractivity contribution in [1.29, 1.82) is 0 Å². The Morgan fingerprint density at radius 3 is 2.32 bits per heavy atom. The van der Waals surface area contributed by atoms with Gasteiger partial charge in [0, 0.05) is 25.4 Å². The number of ether oxygens (including phenoxy) is 1. The molecule has 1 fully saturated rings. The molecule has 0 spiro atoms. The lowest BCUT2D eigenvalue weighted by Crippen LogP contribution is -2.39. The highest BCUT2D eigenvalue weighted by molar-refractivity contribution is 7.70. The number of anilines is 1. The molecule has 3 aromatic rings. The predicted octanol–water partition coefficient (Wildman–Crippen LogP) is 1.45. The zero-order valence-corrected chi connectivity index (χ0v) is 22.0. The molecule has 6 N–H and O–H groups in total. The van der Waals surface area contributed by atoms with Gasteiger partial charge in [-0.25, -0.2) is 27.7 Å². The van der Waals surface area contributed by atoms with Crippen molar-refractivity contribution in [3.05, 3.63) is 63.7 Å². The number of hydrogen-bond acceptors (Lipinski definition) is 8. The third-order valence-corrected chi connectivity index (χ3v) is 9.08. The number of halogens is 3. The summed E-state index contributed by atoms with van der Waals surface area (Å²) in [7, 11) is -11.1. The highest BCUT2D eigenvalue weighted by Gasteiger charge is 2.47. The minimum absolute atomic E-state index is 0.0108. The van der Waals surface area contributed by atoms with E-state index in [0.717, 1.165) is 22.9 Å². The fourth-order valence-corrected chi connectivity index (χ4v) is 6.18. The average Bonchev–Trinajstić information content (AvgIpc) is 3.29. The molecule has 2 aromatic heterocycles. The van der Waals surface area contributed by atoms with Gasteiger partial charge in [0.05, 0.1) is 17.1 Å².